The fraction of sp³-hybridized carbons (Fsp3) is 0. The maximum absolute atomic E-state index is 12.5. The van der Waals surface area contributed by atoms with Gasteiger partial charge in [0.2, 0.25) is 0 Å². The van der Waals surface area contributed by atoms with Gasteiger partial charge in [0.25, 0.3) is 5.56 Å². The summed E-state index contributed by atoms with van der Waals surface area (Å²) in [5, 5.41) is 1.09. The Morgan fingerprint density at radius 2 is 1.95 bits per heavy atom. The van der Waals surface area contributed by atoms with Crippen LogP contribution in [-0.2, 0) is 0 Å². The van der Waals surface area contributed by atoms with Crippen molar-refractivity contribution in [2.45, 2.75) is 0 Å². The van der Waals surface area contributed by atoms with Gasteiger partial charge in [-0.05, 0) is 42.5 Å². The number of halogens is 1. The van der Waals surface area contributed by atoms with Gasteiger partial charge in [-0.15, -0.1) is 0 Å². The molecule has 6 heteroatoms. The van der Waals surface area contributed by atoms with Crippen LogP contribution in [0.25, 0.3) is 16.6 Å². The minimum Gasteiger partial charge on any atom is -0.331 e. The van der Waals surface area contributed by atoms with Gasteiger partial charge in [0, 0.05) is 17.4 Å². The maximum Gasteiger partial charge on any atom is 0.266 e. The number of nitrogens with zero attached hydrogens (tertiary/aromatic N) is 2. The van der Waals surface area contributed by atoms with Gasteiger partial charge >= 0.3 is 0 Å². The molecule has 3 rings (SSSR count). The molecule has 0 amide bonds. The normalized spacial score (nSPS) is 10.8. The average molecular weight is 290 g/mol. The van der Waals surface area contributed by atoms with Crippen LogP contribution in [0.15, 0.2) is 47.5 Å². The molecule has 0 aliphatic rings. The van der Waals surface area contributed by atoms with E-state index in [0.29, 0.717) is 26.4 Å². The van der Waals surface area contributed by atoms with E-state index in [2.05, 4.69) is 9.97 Å². The summed E-state index contributed by atoms with van der Waals surface area (Å²) >= 11 is 11.1. The van der Waals surface area contributed by atoms with E-state index in [0.717, 1.165) is 0 Å². The number of fused-ring (bicyclic) bond motifs is 1. The van der Waals surface area contributed by atoms with Gasteiger partial charge in [0.1, 0.15) is 0 Å². The van der Waals surface area contributed by atoms with Crippen molar-refractivity contribution in [3.8, 4) is 5.69 Å². The zero-order valence-electron chi connectivity index (χ0n) is 9.63. The van der Waals surface area contributed by atoms with Crippen molar-refractivity contribution in [2.75, 3.05) is 0 Å². The third-order valence-corrected chi connectivity index (χ3v) is 3.30. The van der Waals surface area contributed by atoms with E-state index in [9.17, 15) is 4.79 Å². The highest BCUT2D eigenvalue weighted by Gasteiger charge is 2.07. The van der Waals surface area contributed by atoms with Gasteiger partial charge in [-0.25, -0.2) is 0 Å². The Morgan fingerprint density at radius 3 is 2.68 bits per heavy atom. The standard InChI is InChI=1S/C13H8ClN3OS/c14-8-1-2-10-11(7-8)16-13(19)17(12(10)18)9-3-5-15-6-4-9/h1-7H,(H,16,19). The molecule has 0 aliphatic heterocycles. The van der Waals surface area contributed by atoms with Crippen molar-refractivity contribution < 1.29 is 0 Å². The average Bonchev–Trinajstić information content (AvgIpc) is 2.39. The molecule has 0 aliphatic carbocycles. The first-order valence-corrected chi connectivity index (χ1v) is 6.30. The molecule has 4 nitrogen and oxygen atoms in total. The molecule has 0 saturated heterocycles. The molecule has 3 aromatic rings. The predicted molar refractivity (Wildman–Crippen MR) is 77.5 cm³/mol. The second kappa shape index (κ2) is 4.60. The summed E-state index contributed by atoms with van der Waals surface area (Å²) in [6.07, 6.45) is 3.23. The Morgan fingerprint density at radius 1 is 1.21 bits per heavy atom. The summed E-state index contributed by atoms with van der Waals surface area (Å²) in [4.78, 5) is 19.4. The van der Waals surface area contributed by atoms with Gasteiger partial charge in [-0.3, -0.25) is 14.3 Å². The highest BCUT2D eigenvalue weighted by Crippen LogP contribution is 2.15. The van der Waals surface area contributed by atoms with Crippen molar-refractivity contribution in [2.24, 2.45) is 0 Å². The number of hydrogen-bond donors (Lipinski definition) is 1. The second-order valence-corrected chi connectivity index (χ2v) is 4.79. The van der Waals surface area contributed by atoms with Crippen LogP contribution in [0.3, 0.4) is 0 Å². The van der Waals surface area contributed by atoms with E-state index >= 15 is 0 Å². The quantitative estimate of drug-likeness (QED) is 0.700. The first-order chi connectivity index (χ1) is 9.16. The van der Waals surface area contributed by atoms with Gasteiger partial charge in [-0.1, -0.05) is 11.6 Å². The summed E-state index contributed by atoms with van der Waals surface area (Å²) < 4.78 is 1.76. The van der Waals surface area contributed by atoms with Gasteiger partial charge in [0.05, 0.1) is 16.6 Å². The summed E-state index contributed by atoms with van der Waals surface area (Å²) in [6.45, 7) is 0. The smallest absolute Gasteiger partial charge is 0.266 e. The zero-order chi connectivity index (χ0) is 13.4. The molecule has 0 fully saturated rings. The summed E-state index contributed by atoms with van der Waals surface area (Å²) in [7, 11) is 0. The third-order valence-electron chi connectivity index (χ3n) is 2.78. The van der Waals surface area contributed by atoms with Crippen LogP contribution in [-0.4, -0.2) is 14.5 Å². The van der Waals surface area contributed by atoms with E-state index in [1.807, 2.05) is 0 Å². The van der Waals surface area contributed by atoms with Crippen LogP contribution in [0.5, 0.6) is 0 Å². The minimum absolute atomic E-state index is 0.179. The number of aromatic amines is 1. The van der Waals surface area contributed by atoms with Crippen LogP contribution < -0.4 is 5.56 Å². The van der Waals surface area contributed by atoms with Crippen LogP contribution in [0.1, 0.15) is 0 Å². The fourth-order valence-corrected chi connectivity index (χ4v) is 2.39. The Bertz CT molecular complexity index is 870. The zero-order valence-corrected chi connectivity index (χ0v) is 11.2. The number of rotatable bonds is 1. The molecule has 2 heterocycles. The number of hydrogen-bond acceptors (Lipinski definition) is 3. The molecule has 1 N–H and O–H groups in total. The molecule has 0 bridgehead atoms. The van der Waals surface area contributed by atoms with E-state index in [-0.39, 0.29) is 5.56 Å². The Balaban J connectivity index is 2.43. The van der Waals surface area contributed by atoms with Gasteiger partial charge < -0.3 is 4.98 Å². The van der Waals surface area contributed by atoms with Crippen molar-refractivity contribution >= 4 is 34.7 Å². The Labute approximate surface area is 118 Å². The molecule has 0 unspecified atom stereocenters. The lowest BCUT2D eigenvalue weighted by molar-refractivity contribution is 0.936. The minimum atomic E-state index is -0.179. The lowest BCUT2D eigenvalue weighted by Gasteiger charge is -2.07. The van der Waals surface area contributed by atoms with Crippen LogP contribution >= 0.6 is 23.8 Å². The molecule has 0 radical (unpaired) electrons. The Hall–Kier alpha value is -1.98. The van der Waals surface area contributed by atoms with Gasteiger partial charge in [0.15, 0.2) is 4.77 Å². The molecular weight excluding hydrogens is 282 g/mol. The highest BCUT2D eigenvalue weighted by atomic mass is 35.5. The molecule has 2 aromatic heterocycles. The van der Waals surface area contributed by atoms with Crippen molar-refractivity contribution in [1.29, 1.82) is 0 Å². The van der Waals surface area contributed by atoms with Crippen LogP contribution in [0.4, 0.5) is 0 Å². The monoisotopic (exact) mass is 289 g/mol. The number of pyridine rings is 1. The van der Waals surface area contributed by atoms with E-state index in [1.165, 1.54) is 4.57 Å². The number of benzene rings is 1. The van der Waals surface area contributed by atoms with Crippen molar-refractivity contribution in [3.05, 3.63) is 62.9 Å². The number of aromatic nitrogens is 3. The largest absolute Gasteiger partial charge is 0.331 e. The molecule has 1 aromatic carbocycles. The summed E-state index contributed by atoms with van der Waals surface area (Å²) in [5.74, 6) is 0. The number of H-pyrrole nitrogens is 1. The topological polar surface area (TPSA) is 50.7 Å². The second-order valence-electron chi connectivity index (χ2n) is 3.97. The molecule has 19 heavy (non-hydrogen) atoms. The molecule has 0 atom stereocenters. The molecule has 0 spiro atoms. The predicted octanol–water partition coefficient (Wildman–Crippen LogP) is 3.10. The van der Waals surface area contributed by atoms with Crippen molar-refractivity contribution in [1.82, 2.24) is 14.5 Å². The molecule has 94 valence electrons. The first kappa shape index (κ1) is 12.1. The number of nitrogens with one attached hydrogen (secondary N) is 1. The van der Waals surface area contributed by atoms with E-state index in [1.54, 1.807) is 42.7 Å². The summed E-state index contributed by atoms with van der Waals surface area (Å²) in [6, 6.07) is 8.51. The van der Waals surface area contributed by atoms with Crippen molar-refractivity contribution in [3.63, 3.8) is 0 Å². The first-order valence-electron chi connectivity index (χ1n) is 5.52. The lowest BCUT2D eigenvalue weighted by Crippen LogP contribution is -2.20. The van der Waals surface area contributed by atoms with E-state index < -0.39 is 0 Å². The third kappa shape index (κ3) is 2.07. The van der Waals surface area contributed by atoms with Gasteiger partial charge in [-0.2, -0.15) is 0 Å². The van der Waals surface area contributed by atoms with Crippen LogP contribution in [0.2, 0.25) is 5.02 Å². The molecular formula is C13H8ClN3OS. The van der Waals surface area contributed by atoms with Crippen LogP contribution in [0, 0.1) is 4.77 Å². The summed E-state index contributed by atoms with van der Waals surface area (Å²) in [5.41, 5.74) is 1.13. The maximum atomic E-state index is 12.5. The fourth-order valence-electron chi connectivity index (χ4n) is 1.92. The highest BCUT2D eigenvalue weighted by molar-refractivity contribution is 7.71. The SMILES string of the molecule is O=c1c2ccc(Cl)cc2[nH]c(=S)n1-c1ccncc1. The molecule has 0 saturated carbocycles. The van der Waals surface area contributed by atoms with E-state index in [4.69, 9.17) is 23.8 Å². The Kier molecular flexibility index (Phi) is 2.93. The lowest BCUT2D eigenvalue weighted by atomic mass is 10.2.